The van der Waals surface area contributed by atoms with E-state index in [2.05, 4.69) is 30.7 Å². The summed E-state index contributed by atoms with van der Waals surface area (Å²) in [7, 11) is -3.95. The van der Waals surface area contributed by atoms with E-state index in [1.165, 1.54) is 26.7 Å². The normalized spacial score (nSPS) is 15.5. The molecule has 0 radical (unpaired) electrons. The fourth-order valence-corrected chi connectivity index (χ4v) is 4.92. The first kappa shape index (κ1) is 22.7. The van der Waals surface area contributed by atoms with Crippen LogP contribution >= 0.6 is 0 Å². The van der Waals surface area contributed by atoms with E-state index < -0.39 is 20.5 Å². The van der Waals surface area contributed by atoms with Gasteiger partial charge in [0.1, 0.15) is 10.6 Å². The Bertz CT molecular complexity index is 1040. The lowest BCUT2D eigenvalue weighted by molar-refractivity contribution is -0.123. The summed E-state index contributed by atoms with van der Waals surface area (Å²) in [6.07, 6.45) is 3.24. The van der Waals surface area contributed by atoms with E-state index in [1.807, 2.05) is 6.07 Å². The Morgan fingerprint density at radius 1 is 1.23 bits per heavy atom. The van der Waals surface area contributed by atoms with Crippen LogP contribution in [-0.4, -0.2) is 46.9 Å². The van der Waals surface area contributed by atoms with Crippen molar-refractivity contribution in [1.29, 1.82) is 0 Å². The number of fused-ring (bicyclic) bond motifs is 1. The number of carbonyl (C=O) groups is 1. The number of aliphatic hydroxyl groups excluding tert-OH is 1. The molecule has 1 aromatic carbocycles. The Morgan fingerprint density at radius 3 is 2.47 bits per heavy atom. The van der Waals surface area contributed by atoms with E-state index in [1.54, 1.807) is 12.1 Å². The van der Waals surface area contributed by atoms with Gasteiger partial charge in [-0.3, -0.25) is 4.79 Å². The molecule has 7 nitrogen and oxygen atoms in total. The number of hydrogen-bond donors (Lipinski definition) is 2. The first-order chi connectivity index (χ1) is 13.9. The zero-order chi connectivity index (χ0) is 22.3. The molecular weight excluding hydrogens is 402 g/mol. The molecule has 2 N–H and O–H groups in total. The van der Waals surface area contributed by atoms with Crippen LogP contribution < -0.4 is 5.32 Å². The van der Waals surface area contributed by atoms with Crippen molar-refractivity contribution >= 4 is 26.8 Å². The summed E-state index contributed by atoms with van der Waals surface area (Å²) >= 11 is 0. The Balaban J connectivity index is 2.02. The van der Waals surface area contributed by atoms with Gasteiger partial charge >= 0.3 is 0 Å². The van der Waals surface area contributed by atoms with Crippen LogP contribution in [0.1, 0.15) is 53.3 Å². The minimum absolute atomic E-state index is 0.0125. The summed E-state index contributed by atoms with van der Waals surface area (Å²) in [5, 5.41) is 11.4. The van der Waals surface area contributed by atoms with Crippen molar-refractivity contribution in [2.45, 2.75) is 70.1 Å². The number of amides is 1. The highest BCUT2D eigenvalue weighted by atomic mass is 32.2. The fraction of sp³-hybridized carbons (Fsp3) is 0.636. The number of sulfone groups is 1. The van der Waals surface area contributed by atoms with Crippen molar-refractivity contribution in [2.75, 3.05) is 13.2 Å². The van der Waals surface area contributed by atoms with Crippen molar-refractivity contribution in [3.63, 3.8) is 0 Å². The summed E-state index contributed by atoms with van der Waals surface area (Å²) in [5.74, 6) is 1.00. The number of imidazole rings is 1. The number of hydrogen-bond acceptors (Lipinski definition) is 5. The van der Waals surface area contributed by atoms with Gasteiger partial charge in [-0.05, 0) is 56.2 Å². The van der Waals surface area contributed by atoms with Gasteiger partial charge in [-0.25, -0.2) is 13.4 Å². The van der Waals surface area contributed by atoms with Gasteiger partial charge in [0.25, 0.3) is 0 Å². The molecule has 1 fully saturated rings. The Hall–Kier alpha value is -1.93. The maximum atomic E-state index is 13.3. The van der Waals surface area contributed by atoms with Gasteiger partial charge < -0.3 is 15.0 Å². The number of aromatic nitrogens is 2. The van der Waals surface area contributed by atoms with Gasteiger partial charge in [0.05, 0.1) is 22.5 Å². The van der Waals surface area contributed by atoms with Gasteiger partial charge in [-0.15, -0.1) is 0 Å². The molecule has 0 spiro atoms. The van der Waals surface area contributed by atoms with E-state index >= 15 is 0 Å². The van der Waals surface area contributed by atoms with Crippen molar-refractivity contribution in [1.82, 2.24) is 14.9 Å². The zero-order valence-corrected chi connectivity index (χ0v) is 19.3. The highest BCUT2D eigenvalue weighted by molar-refractivity contribution is 7.93. The van der Waals surface area contributed by atoms with Crippen LogP contribution in [0, 0.1) is 11.3 Å². The predicted molar refractivity (Wildman–Crippen MR) is 117 cm³/mol. The molecule has 8 heteroatoms. The van der Waals surface area contributed by atoms with Crippen LogP contribution in [0.4, 0.5) is 0 Å². The molecule has 2 aromatic rings. The number of benzene rings is 1. The molecule has 1 aliphatic carbocycles. The summed E-state index contributed by atoms with van der Waals surface area (Å²) in [6, 6.07) is 4.97. The minimum Gasteiger partial charge on any atom is -0.395 e. The second-order valence-corrected chi connectivity index (χ2v) is 12.5. The Kier molecular flexibility index (Phi) is 6.04. The van der Waals surface area contributed by atoms with Gasteiger partial charge in [0.15, 0.2) is 9.84 Å². The molecule has 1 aliphatic rings. The van der Waals surface area contributed by atoms with Gasteiger partial charge in [0.2, 0.25) is 5.91 Å². The van der Waals surface area contributed by atoms with Gasteiger partial charge in [0, 0.05) is 19.5 Å². The van der Waals surface area contributed by atoms with Crippen molar-refractivity contribution in [3.8, 4) is 0 Å². The molecule has 166 valence electrons. The molecular formula is C22H33N3O4S. The van der Waals surface area contributed by atoms with Crippen molar-refractivity contribution in [2.24, 2.45) is 11.3 Å². The lowest BCUT2D eigenvalue weighted by Gasteiger charge is -2.23. The molecule has 3 rings (SSSR count). The topological polar surface area (TPSA) is 101 Å². The van der Waals surface area contributed by atoms with Crippen LogP contribution in [0.2, 0.25) is 0 Å². The molecule has 1 amide bonds. The van der Waals surface area contributed by atoms with E-state index in [-0.39, 0.29) is 23.5 Å². The number of rotatable bonds is 8. The zero-order valence-electron chi connectivity index (χ0n) is 18.5. The van der Waals surface area contributed by atoms with E-state index in [0.29, 0.717) is 11.4 Å². The fourth-order valence-electron chi connectivity index (χ4n) is 3.50. The SMILES string of the molecule is CC(C)(C)Cc1nc2cc(S(=O)(=O)C(C)(C)C(=O)NCCO)ccc2n1CC1CC1. The maximum Gasteiger partial charge on any atom is 0.241 e. The summed E-state index contributed by atoms with van der Waals surface area (Å²) < 4.78 is 27.1. The molecule has 0 aliphatic heterocycles. The quantitative estimate of drug-likeness (QED) is 0.664. The first-order valence-electron chi connectivity index (χ1n) is 10.5. The highest BCUT2D eigenvalue weighted by Gasteiger charge is 2.43. The third-order valence-corrected chi connectivity index (χ3v) is 7.95. The van der Waals surface area contributed by atoms with Crippen LogP contribution in [0.15, 0.2) is 23.1 Å². The van der Waals surface area contributed by atoms with E-state index in [9.17, 15) is 13.2 Å². The smallest absolute Gasteiger partial charge is 0.241 e. The van der Waals surface area contributed by atoms with Crippen molar-refractivity contribution < 1.29 is 18.3 Å². The highest BCUT2D eigenvalue weighted by Crippen LogP contribution is 2.35. The lowest BCUT2D eigenvalue weighted by Crippen LogP contribution is -2.48. The second kappa shape index (κ2) is 7.96. The lowest BCUT2D eigenvalue weighted by atomic mass is 9.92. The average molecular weight is 436 g/mol. The van der Waals surface area contributed by atoms with E-state index in [0.717, 1.165) is 24.3 Å². The van der Waals surface area contributed by atoms with Crippen LogP contribution in [0.25, 0.3) is 11.0 Å². The number of aliphatic hydroxyl groups is 1. The van der Waals surface area contributed by atoms with Gasteiger partial charge in [-0.2, -0.15) is 0 Å². The molecule has 0 unspecified atom stereocenters. The number of nitrogens with one attached hydrogen (secondary N) is 1. The first-order valence-corrected chi connectivity index (χ1v) is 12.0. The summed E-state index contributed by atoms with van der Waals surface area (Å²) in [4.78, 5) is 17.3. The summed E-state index contributed by atoms with van der Waals surface area (Å²) in [5.41, 5.74) is 1.63. The number of carbonyl (C=O) groups excluding carboxylic acids is 1. The molecule has 1 saturated carbocycles. The Morgan fingerprint density at radius 2 is 1.90 bits per heavy atom. The molecule has 0 atom stereocenters. The third-order valence-electron chi connectivity index (χ3n) is 5.55. The Labute approximate surface area is 178 Å². The molecule has 0 bridgehead atoms. The summed E-state index contributed by atoms with van der Waals surface area (Å²) in [6.45, 7) is 9.93. The largest absolute Gasteiger partial charge is 0.395 e. The molecule has 1 aromatic heterocycles. The average Bonchev–Trinajstić information content (AvgIpc) is 3.40. The molecule has 30 heavy (non-hydrogen) atoms. The minimum atomic E-state index is -3.95. The molecule has 1 heterocycles. The van der Waals surface area contributed by atoms with Crippen LogP contribution in [0.3, 0.4) is 0 Å². The standard InChI is InChI=1S/C22H33N3O4S/c1-21(2,3)13-19-24-17-12-16(8-9-18(17)25(19)14-15-6-7-15)30(28,29)22(4,5)20(27)23-10-11-26/h8-9,12,15,26H,6-7,10-11,13-14H2,1-5H3,(H,23,27). The van der Waals surface area contributed by atoms with Crippen LogP contribution in [0.5, 0.6) is 0 Å². The van der Waals surface area contributed by atoms with Crippen LogP contribution in [-0.2, 0) is 27.6 Å². The van der Waals surface area contributed by atoms with Crippen molar-refractivity contribution in [3.05, 3.63) is 24.0 Å². The monoisotopic (exact) mass is 435 g/mol. The second-order valence-electron chi connectivity index (χ2n) is 9.96. The van der Waals surface area contributed by atoms with E-state index in [4.69, 9.17) is 10.1 Å². The van der Waals surface area contributed by atoms with Gasteiger partial charge in [-0.1, -0.05) is 20.8 Å². The third kappa shape index (κ3) is 4.54. The maximum absolute atomic E-state index is 13.3. The molecule has 0 saturated heterocycles. The predicted octanol–water partition coefficient (Wildman–Crippen LogP) is 2.70. The number of nitrogens with zero attached hydrogens (tertiary/aromatic N) is 2.